The maximum absolute atomic E-state index is 4.17. The second kappa shape index (κ2) is 6.51. The van der Waals surface area contributed by atoms with E-state index < -0.39 is 0 Å². The van der Waals surface area contributed by atoms with Crippen LogP contribution < -0.4 is 5.32 Å². The molecule has 2 unspecified atom stereocenters. The Kier molecular flexibility index (Phi) is 5.30. The molecule has 0 aromatic carbocycles. The molecule has 0 radical (unpaired) electrons. The van der Waals surface area contributed by atoms with Crippen LogP contribution in [0.4, 0.5) is 5.69 Å². The number of aryl methyl sites for hydroxylation is 1. The zero-order valence-corrected chi connectivity index (χ0v) is 11.0. The second-order valence-electron chi connectivity index (χ2n) is 4.69. The van der Waals surface area contributed by atoms with E-state index in [0.717, 1.165) is 5.92 Å². The Balaban J connectivity index is 2.60. The van der Waals surface area contributed by atoms with Gasteiger partial charge in [-0.1, -0.05) is 27.2 Å². The molecule has 0 spiro atoms. The predicted molar refractivity (Wildman–Crippen MR) is 70.7 cm³/mol. The van der Waals surface area contributed by atoms with Crippen molar-refractivity contribution < 1.29 is 0 Å². The van der Waals surface area contributed by atoms with E-state index >= 15 is 0 Å². The van der Waals surface area contributed by atoms with E-state index in [4.69, 9.17) is 0 Å². The number of pyridine rings is 1. The summed E-state index contributed by atoms with van der Waals surface area (Å²) in [5.74, 6) is 0.787. The molecule has 2 nitrogen and oxygen atoms in total. The molecule has 1 aromatic rings. The number of nitrogens with zero attached hydrogens (tertiary/aromatic N) is 1. The monoisotopic (exact) mass is 220 g/mol. The van der Waals surface area contributed by atoms with E-state index in [9.17, 15) is 0 Å². The number of rotatable bonds is 6. The van der Waals surface area contributed by atoms with Gasteiger partial charge in [-0.05, 0) is 37.3 Å². The van der Waals surface area contributed by atoms with Crippen molar-refractivity contribution in [2.45, 2.75) is 53.0 Å². The van der Waals surface area contributed by atoms with E-state index in [1.54, 1.807) is 0 Å². The lowest BCUT2D eigenvalue weighted by Gasteiger charge is -2.22. The quantitative estimate of drug-likeness (QED) is 0.783. The molecule has 1 aromatic heterocycles. The Labute approximate surface area is 99.5 Å². The lowest BCUT2D eigenvalue weighted by atomic mass is 9.97. The Bertz CT molecular complexity index is 309. The van der Waals surface area contributed by atoms with Crippen molar-refractivity contribution in [2.24, 2.45) is 5.92 Å². The summed E-state index contributed by atoms with van der Waals surface area (Å²) in [6.07, 6.45) is 7.43. The first kappa shape index (κ1) is 13.0. The number of nitrogens with one attached hydrogen (secondary N) is 1. The van der Waals surface area contributed by atoms with Gasteiger partial charge in [-0.25, -0.2) is 0 Å². The molecule has 0 saturated heterocycles. The SMILES string of the molecule is CCC(C)CC(CC)Nc1cnccc1C. The van der Waals surface area contributed by atoms with Gasteiger partial charge in [0, 0.05) is 12.2 Å². The summed E-state index contributed by atoms with van der Waals surface area (Å²) in [7, 11) is 0. The van der Waals surface area contributed by atoms with E-state index in [1.165, 1.54) is 30.5 Å². The summed E-state index contributed by atoms with van der Waals surface area (Å²) < 4.78 is 0. The third kappa shape index (κ3) is 3.84. The van der Waals surface area contributed by atoms with Crippen molar-refractivity contribution in [2.75, 3.05) is 5.32 Å². The topological polar surface area (TPSA) is 24.9 Å². The fourth-order valence-corrected chi connectivity index (χ4v) is 1.82. The minimum Gasteiger partial charge on any atom is -0.381 e. The van der Waals surface area contributed by atoms with Crippen LogP contribution >= 0.6 is 0 Å². The molecule has 1 heterocycles. The highest BCUT2D eigenvalue weighted by molar-refractivity contribution is 5.48. The number of hydrogen-bond donors (Lipinski definition) is 1. The fourth-order valence-electron chi connectivity index (χ4n) is 1.82. The molecule has 0 amide bonds. The van der Waals surface area contributed by atoms with Crippen LogP contribution in [0.3, 0.4) is 0 Å². The van der Waals surface area contributed by atoms with E-state index in [2.05, 4.69) is 44.1 Å². The summed E-state index contributed by atoms with van der Waals surface area (Å²) in [5, 5.41) is 3.60. The van der Waals surface area contributed by atoms with Crippen LogP contribution in [0.2, 0.25) is 0 Å². The molecule has 0 aliphatic carbocycles. The zero-order valence-electron chi connectivity index (χ0n) is 11.0. The average molecular weight is 220 g/mol. The summed E-state index contributed by atoms with van der Waals surface area (Å²) in [5.41, 5.74) is 2.45. The van der Waals surface area contributed by atoms with Gasteiger partial charge < -0.3 is 5.32 Å². The van der Waals surface area contributed by atoms with Crippen LogP contribution in [-0.2, 0) is 0 Å². The van der Waals surface area contributed by atoms with Crippen LogP contribution in [0.5, 0.6) is 0 Å². The lowest BCUT2D eigenvalue weighted by Crippen LogP contribution is -2.21. The van der Waals surface area contributed by atoms with Gasteiger partial charge in [0.15, 0.2) is 0 Å². The first-order valence-electron chi connectivity index (χ1n) is 6.34. The second-order valence-corrected chi connectivity index (χ2v) is 4.69. The normalized spacial score (nSPS) is 14.5. The predicted octanol–water partition coefficient (Wildman–Crippen LogP) is 4.02. The Morgan fingerprint density at radius 3 is 2.62 bits per heavy atom. The maximum Gasteiger partial charge on any atom is 0.0558 e. The van der Waals surface area contributed by atoms with Crippen molar-refractivity contribution in [3.8, 4) is 0 Å². The minimum absolute atomic E-state index is 0.567. The van der Waals surface area contributed by atoms with Crippen molar-refractivity contribution in [3.63, 3.8) is 0 Å². The van der Waals surface area contributed by atoms with E-state index in [0.29, 0.717) is 6.04 Å². The molecule has 90 valence electrons. The van der Waals surface area contributed by atoms with Crippen molar-refractivity contribution >= 4 is 5.69 Å². The summed E-state index contributed by atoms with van der Waals surface area (Å²) in [6, 6.07) is 2.62. The molecule has 0 fully saturated rings. The van der Waals surface area contributed by atoms with Crippen molar-refractivity contribution in [1.29, 1.82) is 0 Å². The van der Waals surface area contributed by atoms with Gasteiger partial charge >= 0.3 is 0 Å². The van der Waals surface area contributed by atoms with Gasteiger partial charge in [-0.3, -0.25) is 4.98 Å². The molecular formula is C14H24N2. The summed E-state index contributed by atoms with van der Waals surface area (Å²) in [4.78, 5) is 4.17. The molecule has 16 heavy (non-hydrogen) atoms. The lowest BCUT2D eigenvalue weighted by molar-refractivity contribution is 0.461. The zero-order chi connectivity index (χ0) is 12.0. The van der Waals surface area contributed by atoms with Crippen LogP contribution in [0.25, 0.3) is 0 Å². The number of hydrogen-bond acceptors (Lipinski definition) is 2. The van der Waals surface area contributed by atoms with Crippen LogP contribution in [0.15, 0.2) is 18.5 Å². The molecule has 1 rings (SSSR count). The first-order chi connectivity index (χ1) is 7.67. The first-order valence-corrected chi connectivity index (χ1v) is 6.34. The molecule has 2 heteroatoms. The van der Waals surface area contributed by atoms with Gasteiger partial charge in [-0.2, -0.15) is 0 Å². The average Bonchev–Trinajstić information content (AvgIpc) is 2.30. The van der Waals surface area contributed by atoms with Crippen LogP contribution in [-0.4, -0.2) is 11.0 Å². The summed E-state index contributed by atoms with van der Waals surface area (Å²) in [6.45, 7) is 8.94. The Hall–Kier alpha value is -1.05. The maximum atomic E-state index is 4.17. The Morgan fingerprint density at radius 2 is 2.06 bits per heavy atom. The molecular weight excluding hydrogens is 196 g/mol. The van der Waals surface area contributed by atoms with Crippen molar-refractivity contribution in [3.05, 3.63) is 24.0 Å². The van der Waals surface area contributed by atoms with Crippen molar-refractivity contribution in [1.82, 2.24) is 4.98 Å². The number of anilines is 1. The third-order valence-corrected chi connectivity index (χ3v) is 3.28. The van der Waals surface area contributed by atoms with Gasteiger partial charge in [0.25, 0.3) is 0 Å². The highest BCUT2D eigenvalue weighted by Crippen LogP contribution is 2.19. The highest BCUT2D eigenvalue weighted by atomic mass is 14.9. The van der Waals surface area contributed by atoms with Crippen LogP contribution in [0.1, 0.15) is 45.6 Å². The number of aromatic nitrogens is 1. The fraction of sp³-hybridized carbons (Fsp3) is 0.643. The van der Waals surface area contributed by atoms with Gasteiger partial charge in [0.1, 0.15) is 0 Å². The highest BCUT2D eigenvalue weighted by Gasteiger charge is 2.11. The summed E-state index contributed by atoms with van der Waals surface area (Å²) >= 11 is 0. The standard InChI is InChI=1S/C14H24N2/c1-5-11(3)9-13(6-2)16-14-10-15-8-7-12(14)4/h7-8,10-11,13,16H,5-6,9H2,1-4H3. The smallest absolute Gasteiger partial charge is 0.0558 e. The van der Waals surface area contributed by atoms with Gasteiger partial charge in [0.05, 0.1) is 11.9 Å². The van der Waals surface area contributed by atoms with Crippen LogP contribution in [0, 0.1) is 12.8 Å². The molecule has 0 saturated carbocycles. The van der Waals surface area contributed by atoms with E-state index in [1.807, 2.05) is 12.4 Å². The molecule has 0 aliphatic heterocycles. The largest absolute Gasteiger partial charge is 0.381 e. The Morgan fingerprint density at radius 1 is 1.31 bits per heavy atom. The minimum atomic E-state index is 0.567. The van der Waals surface area contributed by atoms with Gasteiger partial charge in [0.2, 0.25) is 0 Å². The molecule has 0 bridgehead atoms. The van der Waals surface area contributed by atoms with Gasteiger partial charge in [-0.15, -0.1) is 0 Å². The molecule has 1 N–H and O–H groups in total. The van der Waals surface area contributed by atoms with E-state index in [-0.39, 0.29) is 0 Å². The molecule has 0 aliphatic rings. The molecule has 2 atom stereocenters. The third-order valence-electron chi connectivity index (χ3n) is 3.28.